The Morgan fingerprint density at radius 1 is 1.23 bits per heavy atom. The monoisotopic (exact) mass is 303 g/mol. The van der Waals surface area contributed by atoms with E-state index < -0.39 is 0 Å². The van der Waals surface area contributed by atoms with Crippen LogP contribution in [-0.4, -0.2) is 24.1 Å². The summed E-state index contributed by atoms with van der Waals surface area (Å²) in [5.41, 5.74) is 1.25. The number of anilines is 2. The summed E-state index contributed by atoms with van der Waals surface area (Å²) in [4.78, 5) is 22.9. The lowest BCUT2D eigenvalue weighted by Gasteiger charge is -2.07. The first-order valence-corrected chi connectivity index (χ1v) is 6.74. The highest BCUT2D eigenvalue weighted by Gasteiger charge is 2.08. The maximum Gasteiger partial charge on any atom is 0.254 e. The van der Waals surface area contributed by atoms with Crippen LogP contribution in [0.3, 0.4) is 0 Å². The summed E-state index contributed by atoms with van der Waals surface area (Å²) in [7, 11) is 1.50. The summed E-state index contributed by atoms with van der Waals surface area (Å²) >= 11 is 0. The van der Waals surface area contributed by atoms with Crippen molar-refractivity contribution >= 4 is 23.2 Å². The van der Waals surface area contributed by atoms with E-state index in [2.05, 4.69) is 15.8 Å². The van der Waals surface area contributed by atoms with Crippen molar-refractivity contribution in [1.82, 2.24) is 5.16 Å². The van der Waals surface area contributed by atoms with Crippen LogP contribution >= 0.6 is 0 Å². The quantitative estimate of drug-likeness (QED) is 0.853. The molecule has 0 aliphatic heterocycles. The van der Waals surface area contributed by atoms with Crippen molar-refractivity contribution in [3.8, 4) is 5.88 Å². The molecule has 2 rings (SSSR count). The second kappa shape index (κ2) is 7.26. The van der Waals surface area contributed by atoms with Crippen LogP contribution in [0.5, 0.6) is 5.88 Å². The van der Waals surface area contributed by atoms with Crippen molar-refractivity contribution < 1.29 is 18.8 Å². The third-order valence-electron chi connectivity index (χ3n) is 2.81. The van der Waals surface area contributed by atoms with Crippen LogP contribution < -0.4 is 15.4 Å². The molecule has 2 amide bonds. The Morgan fingerprint density at radius 3 is 2.59 bits per heavy atom. The lowest BCUT2D eigenvalue weighted by atomic mass is 10.2. The van der Waals surface area contributed by atoms with Crippen molar-refractivity contribution in [3.05, 3.63) is 36.1 Å². The largest absolute Gasteiger partial charge is 0.479 e. The first-order chi connectivity index (χ1) is 10.6. The van der Waals surface area contributed by atoms with Crippen LogP contribution in [0.15, 0.2) is 34.9 Å². The highest BCUT2D eigenvalue weighted by atomic mass is 16.5. The zero-order valence-corrected chi connectivity index (χ0v) is 12.4. The molecular weight excluding hydrogens is 286 g/mol. The van der Waals surface area contributed by atoms with Gasteiger partial charge in [-0.1, -0.05) is 6.07 Å². The fourth-order valence-corrected chi connectivity index (χ4v) is 1.85. The molecule has 0 fully saturated rings. The Morgan fingerprint density at radius 2 is 1.95 bits per heavy atom. The van der Waals surface area contributed by atoms with Gasteiger partial charge >= 0.3 is 0 Å². The number of methoxy groups -OCH3 is 1. The number of amides is 2. The van der Waals surface area contributed by atoms with E-state index in [1.807, 2.05) is 0 Å². The standard InChI is InChI=1S/C15H17N3O4/c1-10(19)16-11-4-3-5-12(8-11)17-14(20)7-6-13-9-15(21-2)18-22-13/h3-5,8-9H,6-7H2,1-2H3,(H,16,19)(H,17,20). The highest BCUT2D eigenvalue weighted by molar-refractivity contribution is 5.93. The predicted molar refractivity (Wildman–Crippen MR) is 80.8 cm³/mol. The highest BCUT2D eigenvalue weighted by Crippen LogP contribution is 2.16. The predicted octanol–water partition coefficient (Wildman–Crippen LogP) is 2.21. The van der Waals surface area contributed by atoms with Gasteiger partial charge in [0.2, 0.25) is 11.8 Å². The number of ether oxygens (including phenoxy) is 1. The van der Waals surface area contributed by atoms with Crippen molar-refractivity contribution in [1.29, 1.82) is 0 Å². The fourth-order valence-electron chi connectivity index (χ4n) is 1.85. The van der Waals surface area contributed by atoms with E-state index in [1.165, 1.54) is 14.0 Å². The molecule has 7 heteroatoms. The van der Waals surface area contributed by atoms with Gasteiger partial charge < -0.3 is 19.9 Å². The number of benzene rings is 1. The first-order valence-electron chi connectivity index (χ1n) is 6.74. The van der Waals surface area contributed by atoms with Gasteiger partial charge in [0.25, 0.3) is 5.88 Å². The van der Waals surface area contributed by atoms with Crippen LogP contribution in [0.25, 0.3) is 0 Å². The SMILES string of the molecule is COc1cc(CCC(=O)Nc2cccc(NC(C)=O)c2)on1. The van der Waals surface area contributed by atoms with Crippen molar-refractivity contribution in [2.75, 3.05) is 17.7 Å². The minimum atomic E-state index is -0.164. The number of aryl methyl sites for hydroxylation is 1. The van der Waals surface area contributed by atoms with Crippen LogP contribution in [0.1, 0.15) is 19.1 Å². The average Bonchev–Trinajstić information content (AvgIpc) is 2.93. The van der Waals surface area contributed by atoms with E-state index in [9.17, 15) is 9.59 Å². The molecule has 0 atom stereocenters. The van der Waals surface area contributed by atoms with Crippen LogP contribution in [0.2, 0.25) is 0 Å². The summed E-state index contributed by atoms with van der Waals surface area (Å²) in [6.45, 7) is 1.43. The third kappa shape index (κ3) is 4.62. The van der Waals surface area contributed by atoms with Gasteiger partial charge in [-0.2, -0.15) is 0 Å². The van der Waals surface area contributed by atoms with Crippen LogP contribution in [0.4, 0.5) is 11.4 Å². The van der Waals surface area contributed by atoms with Crippen molar-refractivity contribution in [3.63, 3.8) is 0 Å². The number of nitrogens with one attached hydrogen (secondary N) is 2. The summed E-state index contributed by atoms with van der Waals surface area (Å²) in [6.07, 6.45) is 0.677. The topological polar surface area (TPSA) is 93.5 Å². The molecular formula is C15H17N3O4. The Labute approximate surface area is 127 Å². The number of hydrogen-bond donors (Lipinski definition) is 2. The van der Waals surface area contributed by atoms with Gasteiger partial charge in [0.05, 0.1) is 7.11 Å². The molecule has 2 N–H and O–H groups in total. The lowest BCUT2D eigenvalue weighted by Crippen LogP contribution is -2.12. The maximum atomic E-state index is 11.9. The minimum absolute atomic E-state index is 0.157. The van der Waals surface area contributed by atoms with Crippen molar-refractivity contribution in [2.45, 2.75) is 19.8 Å². The number of rotatable bonds is 6. The van der Waals surface area contributed by atoms with Gasteiger partial charge in [0.1, 0.15) is 5.76 Å². The Balaban J connectivity index is 1.87. The van der Waals surface area contributed by atoms with E-state index in [4.69, 9.17) is 9.26 Å². The summed E-state index contributed by atoms with van der Waals surface area (Å²) in [6, 6.07) is 8.59. The Hall–Kier alpha value is -2.83. The molecule has 116 valence electrons. The normalized spacial score (nSPS) is 10.1. The van der Waals surface area contributed by atoms with E-state index in [0.717, 1.165) is 0 Å². The fraction of sp³-hybridized carbons (Fsp3) is 0.267. The zero-order chi connectivity index (χ0) is 15.9. The number of nitrogens with zero attached hydrogens (tertiary/aromatic N) is 1. The van der Waals surface area contributed by atoms with Gasteiger partial charge in [0.15, 0.2) is 0 Å². The smallest absolute Gasteiger partial charge is 0.254 e. The minimum Gasteiger partial charge on any atom is -0.479 e. The molecule has 0 unspecified atom stereocenters. The van der Waals surface area contributed by atoms with Gasteiger partial charge in [-0.15, -0.1) is 0 Å². The second-order valence-corrected chi connectivity index (χ2v) is 4.65. The first kappa shape index (κ1) is 15.6. The molecule has 7 nitrogen and oxygen atoms in total. The van der Waals surface area contributed by atoms with Gasteiger partial charge in [-0.05, 0) is 23.4 Å². The van der Waals surface area contributed by atoms with Gasteiger partial charge in [0, 0.05) is 37.2 Å². The van der Waals surface area contributed by atoms with Crippen molar-refractivity contribution in [2.24, 2.45) is 0 Å². The molecule has 1 aromatic heterocycles. The van der Waals surface area contributed by atoms with Crippen LogP contribution in [-0.2, 0) is 16.0 Å². The maximum absolute atomic E-state index is 11.9. The molecule has 0 aliphatic carbocycles. The van der Waals surface area contributed by atoms with E-state index in [0.29, 0.717) is 29.4 Å². The number of aromatic nitrogens is 1. The molecule has 22 heavy (non-hydrogen) atoms. The number of hydrogen-bond acceptors (Lipinski definition) is 5. The summed E-state index contributed by atoms with van der Waals surface area (Å²) < 4.78 is 9.92. The van der Waals surface area contributed by atoms with Gasteiger partial charge in [-0.25, -0.2) is 0 Å². The molecule has 0 saturated carbocycles. The lowest BCUT2D eigenvalue weighted by molar-refractivity contribution is -0.116. The Bertz CT molecular complexity index is 666. The second-order valence-electron chi connectivity index (χ2n) is 4.65. The molecule has 0 spiro atoms. The molecule has 0 saturated heterocycles. The zero-order valence-electron chi connectivity index (χ0n) is 12.4. The van der Waals surface area contributed by atoms with Gasteiger partial charge in [-0.3, -0.25) is 9.59 Å². The van der Waals surface area contributed by atoms with E-state index in [-0.39, 0.29) is 18.2 Å². The number of carbonyl (C=O) groups is 2. The van der Waals surface area contributed by atoms with E-state index >= 15 is 0 Å². The van der Waals surface area contributed by atoms with Crippen LogP contribution in [0, 0.1) is 0 Å². The number of carbonyl (C=O) groups excluding carboxylic acids is 2. The molecule has 0 bridgehead atoms. The Kier molecular flexibility index (Phi) is 5.13. The molecule has 0 radical (unpaired) electrons. The molecule has 1 heterocycles. The summed E-state index contributed by atoms with van der Waals surface area (Å²) in [5.74, 6) is 0.649. The molecule has 2 aromatic rings. The average molecular weight is 303 g/mol. The summed E-state index contributed by atoms with van der Waals surface area (Å²) in [5, 5.41) is 9.09. The molecule has 1 aromatic carbocycles. The van der Waals surface area contributed by atoms with E-state index in [1.54, 1.807) is 30.3 Å². The third-order valence-corrected chi connectivity index (χ3v) is 2.81. The molecule has 0 aliphatic rings.